The van der Waals surface area contributed by atoms with Crippen LogP contribution in [0.3, 0.4) is 0 Å². The third kappa shape index (κ3) is 9.42. The van der Waals surface area contributed by atoms with Crippen LogP contribution in [0.4, 0.5) is 0 Å². The maximum atomic E-state index is 10.4. The van der Waals surface area contributed by atoms with Gasteiger partial charge in [-0.25, -0.2) is 4.79 Å². The Morgan fingerprint density at radius 2 is 1.75 bits per heavy atom. The molecule has 0 bridgehead atoms. The number of carboxylic acid groups (broad SMARTS) is 2. The summed E-state index contributed by atoms with van der Waals surface area (Å²) in [5.74, 6) is -1.66. The largest absolute Gasteiger partial charge is 0.481 e. The van der Waals surface area contributed by atoms with Crippen molar-refractivity contribution in [2.45, 2.75) is 19.8 Å². The summed E-state index contributed by atoms with van der Waals surface area (Å²) >= 11 is 0. The average Bonchev–Trinajstić information content (AvgIpc) is 2.36. The molecule has 0 atom stereocenters. The number of carboxylic acids is 2. The van der Waals surface area contributed by atoms with Crippen LogP contribution in [-0.4, -0.2) is 28.7 Å². The molecule has 0 radical (unpaired) electrons. The number of rotatable bonds is 5. The minimum Gasteiger partial charge on any atom is -0.481 e. The maximum absolute atomic E-state index is 10.4. The van der Waals surface area contributed by atoms with Crippen LogP contribution in [0.1, 0.15) is 28.8 Å². The number of benzene rings is 1. The summed E-state index contributed by atoms with van der Waals surface area (Å²) in [5, 5.41) is 16.7. The maximum Gasteiger partial charge on any atom is 0.335 e. The van der Waals surface area contributed by atoms with Crippen molar-refractivity contribution < 1.29 is 39.3 Å². The predicted molar refractivity (Wildman–Crippen MR) is 73.2 cm³/mol. The van der Waals surface area contributed by atoms with Crippen LogP contribution in [0.5, 0.6) is 0 Å². The molecule has 0 saturated heterocycles. The minimum atomic E-state index is -0.863. The molecule has 4 N–H and O–H groups in total. The van der Waals surface area contributed by atoms with E-state index in [1.54, 1.807) is 25.1 Å². The number of carbonyl (C=O) groups is 2. The standard InChI is InChI=1S/C8H8O2.C6H11NO2.Zn/c1-6-4-2-3-5-7(6)8(9)10;1-5(4-7)2-3-6(8)9;/h2-5H,1H3,(H,9,10);1-4,7H2,(H,8,9);. The van der Waals surface area contributed by atoms with Gasteiger partial charge in [0.25, 0.3) is 0 Å². The Bertz CT molecular complexity index is 460. The summed E-state index contributed by atoms with van der Waals surface area (Å²) in [7, 11) is 0. The van der Waals surface area contributed by atoms with E-state index >= 15 is 0 Å². The third-order valence-corrected chi connectivity index (χ3v) is 2.36. The van der Waals surface area contributed by atoms with E-state index in [2.05, 4.69) is 6.58 Å². The van der Waals surface area contributed by atoms with Crippen molar-refractivity contribution >= 4 is 11.9 Å². The van der Waals surface area contributed by atoms with Crippen molar-refractivity contribution in [1.29, 1.82) is 0 Å². The Labute approximate surface area is 131 Å². The molecule has 6 heteroatoms. The molecule has 20 heavy (non-hydrogen) atoms. The van der Waals surface area contributed by atoms with Crippen molar-refractivity contribution in [2.75, 3.05) is 6.54 Å². The van der Waals surface area contributed by atoms with Gasteiger partial charge in [0.05, 0.1) is 5.56 Å². The normalized spacial score (nSPS) is 8.70. The van der Waals surface area contributed by atoms with Gasteiger partial charge in [-0.15, -0.1) is 0 Å². The second-order valence-electron chi connectivity index (χ2n) is 3.97. The Hall–Kier alpha value is -1.52. The van der Waals surface area contributed by atoms with Crippen molar-refractivity contribution in [1.82, 2.24) is 0 Å². The van der Waals surface area contributed by atoms with E-state index in [0.29, 0.717) is 18.5 Å². The van der Waals surface area contributed by atoms with E-state index < -0.39 is 11.9 Å². The third-order valence-electron chi connectivity index (χ3n) is 2.36. The van der Waals surface area contributed by atoms with Crippen LogP contribution in [0.2, 0.25) is 0 Å². The Kier molecular flexibility index (Phi) is 11.8. The molecule has 0 aliphatic carbocycles. The summed E-state index contributed by atoms with van der Waals surface area (Å²) in [5.41, 5.74) is 7.13. The first kappa shape index (κ1) is 20.8. The van der Waals surface area contributed by atoms with E-state index in [-0.39, 0.29) is 25.9 Å². The summed E-state index contributed by atoms with van der Waals surface area (Å²) in [6.45, 7) is 5.72. The van der Waals surface area contributed by atoms with Gasteiger partial charge in [0.15, 0.2) is 0 Å². The molecule has 0 amide bonds. The fourth-order valence-electron chi connectivity index (χ4n) is 1.20. The molecule has 0 spiro atoms. The van der Waals surface area contributed by atoms with Gasteiger partial charge in [0.2, 0.25) is 0 Å². The second-order valence-corrected chi connectivity index (χ2v) is 3.97. The SMILES string of the molecule is C=C(CN)CCC(=O)O.Cc1ccccc1C(=O)O.[Zn]. The van der Waals surface area contributed by atoms with Gasteiger partial charge >= 0.3 is 11.9 Å². The van der Waals surface area contributed by atoms with Gasteiger partial charge in [0.1, 0.15) is 0 Å². The van der Waals surface area contributed by atoms with Crippen LogP contribution in [0.15, 0.2) is 36.4 Å². The molecular weight excluding hydrogens is 312 g/mol. The van der Waals surface area contributed by atoms with E-state index in [1.165, 1.54) is 0 Å². The van der Waals surface area contributed by atoms with E-state index in [0.717, 1.165) is 11.1 Å². The summed E-state index contributed by atoms with van der Waals surface area (Å²) in [4.78, 5) is 20.4. The zero-order valence-electron chi connectivity index (χ0n) is 11.6. The van der Waals surface area contributed by atoms with Crippen molar-refractivity contribution in [3.63, 3.8) is 0 Å². The Morgan fingerprint density at radius 1 is 1.20 bits per heavy atom. The monoisotopic (exact) mass is 329 g/mol. The molecule has 1 aromatic carbocycles. The Balaban J connectivity index is 0. The zero-order chi connectivity index (χ0) is 14.8. The fraction of sp³-hybridized carbons (Fsp3) is 0.286. The summed E-state index contributed by atoms with van der Waals surface area (Å²) in [6, 6.07) is 6.92. The average molecular weight is 331 g/mol. The predicted octanol–water partition coefficient (Wildman–Crippen LogP) is 2.06. The van der Waals surface area contributed by atoms with Crippen LogP contribution in [-0.2, 0) is 24.3 Å². The number of aryl methyl sites for hydroxylation is 1. The zero-order valence-corrected chi connectivity index (χ0v) is 14.6. The van der Waals surface area contributed by atoms with E-state index in [4.69, 9.17) is 15.9 Å². The molecule has 0 fully saturated rings. The molecule has 106 valence electrons. The number of aliphatic carboxylic acids is 1. The first-order valence-corrected chi connectivity index (χ1v) is 5.76. The van der Waals surface area contributed by atoms with E-state index in [9.17, 15) is 9.59 Å². The first-order chi connectivity index (χ1) is 8.88. The topological polar surface area (TPSA) is 101 Å². The van der Waals surface area contributed by atoms with Crippen LogP contribution < -0.4 is 5.73 Å². The van der Waals surface area contributed by atoms with Crippen LogP contribution in [0.25, 0.3) is 0 Å². The number of aromatic carboxylic acids is 1. The number of hydrogen-bond donors (Lipinski definition) is 3. The second kappa shape index (κ2) is 11.3. The number of hydrogen-bond acceptors (Lipinski definition) is 3. The molecule has 1 aromatic rings. The smallest absolute Gasteiger partial charge is 0.335 e. The van der Waals surface area contributed by atoms with Crippen molar-refractivity contribution in [3.05, 3.63) is 47.5 Å². The molecule has 0 heterocycles. The molecular formula is C14H19NO4Zn. The molecule has 0 aliphatic heterocycles. The molecule has 0 aliphatic rings. The minimum absolute atomic E-state index is 0. The van der Waals surface area contributed by atoms with E-state index in [1.807, 2.05) is 6.07 Å². The molecule has 5 nitrogen and oxygen atoms in total. The number of nitrogens with two attached hydrogens (primary N) is 1. The summed E-state index contributed by atoms with van der Waals surface area (Å²) < 4.78 is 0. The van der Waals surface area contributed by atoms with Crippen molar-refractivity contribution in [2.24, 2.45) is 5.73 Å². The van der Waals surface area contributed by atoms with Gasteiger partial charge in [-0.05, 0) is 25.0 Å². The molecule has 0 unspecified atom stereocenters. The van der Waals surface area contributed by atoms with Crippen LogP contribution >= 0.6 is 0 Å². The van der Waals surface area contributed by atoms with Gasteiger partial charge in [-0.2, -0.15) is 0 Å². The summed E-state index contributed by atoms with van der Waals surface area (Å²) in [6.07, 6.45) is 0.627. The van der Waals surface area contributed by atoms with Gasteiger partial charge in [0, 0.05) is 32.4 Å². The molecule has 0 aromatic heterocycles. The quantitative estimate of drug-likeness (QED) is 0.566. The van der Waals surface area contributed by atoms with Crippen molar-refractivity contribution in [3.8, 4) is 0 Å². The van der Waals surface area contributed by atoms with Crippen LogP contribution in [0, 0.1) is 6.92 Å². The van der Waals surface area contributed by atoms with Gasteiger partial charge in [-0.1, -0.05) is 30.4 Å². The van der Waals surface area contributed by atoms with Gasteiger partial charge < -0.3 is 15.9 Å². The van der Waals surface area contributed by atoms with Gasteiger partial charge in [-0.3, -0.25) is 4.79 Å². The Morgan fingerprint density at radius 3 is 2.10 bits per heavy atom. The molecule has 1 rings (SSSR count). The fourth-order valence-corrected chi connectivity index (χ4v) is 1.20. The first-order valence-electron chi connectivity index (χ1n) is 5.76. The molecule has 0 saturated carbocycles.